The van der Waals surface area contributed by atoms with Crippen molar-refractivity contribution in [1.29, 1.82) is 0 Å². The third kappa shape index (κ3) is 2.58. The maximum Gasteiger partial charge on any atom is 0.305 e. The molecule has 0 aromatic heterocycles. The fourth-order valence-electron chi connectivity index (χ4n) is 1.64. The first-order valence-electron chi connectivity index (χ1n) is 5.41. The number of carbonyl (C=O) groups is 1. The molecule has 2 rings (SSSR count). The number of rotatable bonds is 4. The van der Waals surface area contributed by atoms with E-state index in [1.165, 1.54) is 0 Å². The molecule has 1 aliphatic carbocycles. The Morgan fingerprint density at radius 3 is 2.58 bits per heavy atom. The van der Waals surface area contributed by atoms with Crippen molar-refractivity contribution < 1.29 is 18.5 Å². The summed E-state index contributed by atoms with van der Waals surface area (Å²) in [5, 5.41) is 13.5. The van der Waals surface area contributed by atoms with Crippen LogP contribution in [0.1, 0.15) is 23.2 Å². The molecule has 19 heavy (non-hydrogen) atoms. The molecule has 0 spiro atoms. The second-order valence-corrected chi connectivity index (χ2v) is 4.94. The highest BCUT2D eigenvalue weighted by Crippen LogP contribution is 2.37. The summed E-state index contributed by atoms with van der Waals surface area (Å²) in [4.78, 5) is 21.4. The number of nitrogens with zero attached hydrogens (tertiary/aromatic N) is 1. The summed E-state index contributed by atoms with van der Waals surface area (Å²) < 4.78 is 27.3. The molecule has 0 unspecified atom stereocenters. The lowest BCUT2D eigenvalue weighted by Gasteiger charge is -2.14. The Morgan fingerprint density at radius 2 is 2.11 bits per heavy atom. The van der Waals surface area contributed by atoms with Crippen LogP contribution < -0.4 is 5.32 Å². The van der Waals surface area contributed by atoms with Gasteiger partial charge in [-0.05, 0) is 18.9 Å². The highest BCUT2D eigenvalue weighted by molar-refractivity contribution is 9.09. The van der Waals surface area contributed by atoms with Crippen molar-refractivity contribution in [2.24, 2.45) is 0 Å². The molecule has 5 nitrogen and oxygen atoms in total. The summed E-state index contributed by atoms with van der Waals surface area (Å²) >= 11 is 3.20. The number of nitro benzene ring substituents is 1. The second kappa shape index (κ2) is 4.84. The quantitative estimate of drug-likeness (QED) is 0.522. The number of alkyl halides is 1. The summed E-state index contributed by atoms with van der Waals surface area (Å²) in [6.45, 7) is 0. The third-order valence-electron chi connectivity index (χ3n) is 2.98. The molecular formula is C11H9BrF2N2O3. The Hall–Kier alpha value is -1.57. The first-order chi connectivity index (χ1) is 8.90. The van der Waals surface area contributed by atoms with Gasteiger partial charge in [-0.25, -0.2) is 4.39 Å². The van der Waals surface area contributed by atoms with Crippen LogP contribution in [0, 0.1) is 21.7 Å². The number of nitrogens with one attached hydrogen (secondary N) is 1. The van der Waals surface area contributed by atoms with Crippen molar-refractivity contribution in [2.75, 3.05) is 5.33 Å². The molecule has 8 heteroatoms. The summed E-state index contributed by atoms with van der Waals surface area (Å²) in [7, 11) is 0. The molecule has 0 heterocycles. The van der Waals surface area contributed by atoms with E-state index < -0.39 is 39.3 Å². The average Bonchev–Trinajstić information content (AvgIpc) is 3.09. The maximum absolute atomic E-state index is 13.8. The van der Waals surface area contributed by atoms with E-state index in [1.54, 1.807) is 0 Å². The van der Waals surface area contributed by atoms with Gasteiger partial charge in [0.15, 0.2) is 0 Å². The molecular weight excluding hydrogens is 326 g/mol. The Kier molecular flexibility index (Phi) is 3.53. The molecule has 0 aliphatic heterocycles. The van der Waals surface area contributed by atoms with Crippen molar-refractivity contribution in [2.45, 2.75) is 18.4 Å². The molecule has 1 saturated carbocycles. The zero-order chi connectivity index (χ0) is 14.2. The van der Waals surface area contributed by atoms with Crippen molar-refractivity contribution >= 4 is 27.5 Å². The Bertz CT molecular complexity index is 561. The van der Waals surface area contributed by atoms with E-state index >= 15 is 0 Å². The molecule has 102 valence electrons. The minimum Gasteiger partial charge on any atom is -0.346 e. The lowest BCUT2D eigenvalue weighted by Crippen LogP contribution is -2.39. The molecule has 1 fully saturated rings. The summed E-state index contributed by atoms with van der Waals surface area (Å²) in [6, 6.07) is 1.41. The van der Waals surface area contributed by atoms with Gasteiger partial charge in [0.05, 0.1) is 10.5 Å². The average molecular weight is 335 g/mol. The van der Waals surface area contributed by atoms with Gasteiger partial charge in [0.2, 0.25) is 5.82 Å². The number of hydrogen-bond acceptors (Lipinski definition) is 3. The zero-order valence-electron chi connectivity index (χ0n) is 9.58. The predicted octanol–water partition coefficient (Wildman–Crippen LogP) is 2.53. The number of nitro groups is 1. The van der Waals surface area contributed by atoms with E-state index in [0.717, 1.165) is 0 Å². The van der Waals surface area contributed by atoms with E-state index in [0.29, 0.717) is 30.3 Å². The first kappa shape index (κ1) is 13.9. The molecule has 1 amide bonds. The lowest BCUT2D eigenvalue weighted by molar-refractivity contribution is -0.387. The number of hydrogen-bond donors (Lipinski definition) is 1. The number of amides is 1. The summed E-state index contributed by atoms with van der Waals surface area (Å²) in [5.74, 6) is -3.55. The number of halogens is 3. The van der Waals surface area contributed by atoms with Crippen molar-refractivity contribution in [3.63, 3.8) is 0 Å². The summed E-state index contributed by atoms with van der Waals surface area (Å²) in [5.41, 5.74) is -2.34. The minimum absolute atomic E-state index is 0.462. The largest absolute Gasteiger partial charge is 0.346 e. The van der Waals surface area contributed by atoms with Gasteiger partial charge in [-0.3, -0.25) is 14.9 Å². The zero-order valence-corrected chi connectivity index (χ0v) is 11.2. The van der Waals surface area contributed by atoms with Gasteiger partial charge in [0.1, 0.15) is 11.4 Å². The topological polar surface area (TPSA) is 72.2 Å². The van der Waals surface area contributed by atoms with Crippen molar-refractivity contribution in [3.8, 4) is 0 Å². The van der Waals surface area contributed by atoms with Gasteiger partial charge in [0, 0.05) is 11.4 Å². The van der Waals surface area contributed by atoms with E-state index in [-0.39, 0.29) is 0 Å². The van der Waals surface area contributed by atoms with Crippen molar-refractivity contribution in [1.82, 2.24) is 5.32 Å². The van der Waals surface area contributed by atoms with E-state index in [2.05, 4.69) is 21.2 Å². The van der Waals surface area contributed by atoms with Gasteiger partial charge >= 0.3 is 5.69 Å². The van der Waals surface area contributed by atoms with Crippen molar-refractivity contribution in [3.05, 3.63) is 39.4 Å². The van der Waals surface area contributed by atoms with Crippen LogP contribution in [0.4, 0.5) is 14.5 Å². The van der Waals surface area contributed by atoms with Crippen LogP contribution in [-0.4, -0.2) is 21.7 Å². The van der Waals surface area contributed by atoms with Gasteiger partial charge in [-0.15, -0.1) is 0 Å². The predicted molar refractivity (Wildman–Crippen MR) is 66.2 cm³/mol. The molecule has 0 bridgehead atoms. The molecule has 0 atom stereocenters. The molecule has 1 aromatic rings. The monoisotopic (exact) mass is 334 g/mol. The van der Waals surface area contributed by atoms with Crippen LogP contribution in [0.2, 0.25) is 0 Å². The van der Waals surface area contributed by atoms with E-state index in [1.807, 2.05) is 0 Å². The Labute approximate surface area is 115 Å². The highest BCUT2D eigenvalue weighted by Gasteiger charge is 2.44. The summed E-state index contributed by atoms with van der Waals surface area (Å²) in [6.07, 6.45) is 1.39. The molecule has 1 N–H and O–H groups in total. The van der Waals surface area contributed by atoms with Gasteiger partial charge in [-0.1, -0.05) is 15.9 Å². The number of benzene rings is 1. The molecule has 0 radical (unpaired) electrons. The standard InChI is InChI=1S/C11H9BrF2N2O3/c12-5-11(3-4-11)15-10(17)8-6(13)1-2-7(9(8)14)16(18)19/h1-2H,3-5H2,(H,15,17). The van der Waals surface area contributed by atoms with Gasteiger partial charge < -0.3 is 5.32 Å². The van der Waals surface area contributed by atoms with Crippen LogP contribution in [0.3, 0.4) is 0 Å². The third-order valence-corrected chi connectivity index (χ3v) is 4.06. The fraction of sp³-hybridized carbons (Fsp3) is 0.364. The van der Waals surface area contributed by atoms with Crippen LogP contribution in [0.25, 0.3) is 0 Å². The van der Waals surface area contributed by atoms with Crippen LogP contribution in [0.15, 0.2) is 12.1 Å². The smallest absolute Gasteiger partial charge is 0.305 e. The molecule has 1 aromatic carbocycles. The van der Waals surface area contributed by atoms with E-state index in [9.17, 15) is 23.7 Å². The maximum atomic E-state index is 13.8. The normalized spacial score (nSPS) is 15.9. The number of carbonyl (C=O) groups excluding carboxylic acids is 1. The first-order valence-corrected chi connectivity index (χ1v) is 6.53. The van der Waals surface area contributed by atoms with Crippen LogP contribution in [-0.2, 0) is 0 Å². The van der Waals surface area contributed by atoms with Gasteiger partial charge in [-0.2, -0.15) is 4.39 Å². The Morgan fingerprint density at radius 1 is 1.47 bits per heavy atom. The van der Waals surface area contributed by atoms with Crippen LogP contribution >= 0.6 is 15.9 Å². The minimum atomic E-state index is -1.45. The highest BCUT2D eigenvalue weighted by atomic mass is 79.9. The molecule has 0 saturated heterocycles. The SMILES string of the molecule is O=C(NC1(CBr)CC1)c1c(F)ccc([N+](=O)[O-])c1F. The second-order valence-electron chi connectivity index (χ2n) is 4.38. The van der Waals surface area contributed by atoms with E-state index in [4.69, 9.17) is 0 Å². The lowest BCUT2D eigenvalue weighted by atomic mass is 10.1. The van der Waals surface area contributed by atoms with Crippen LogP contribution in [0.5, 0.6) is 0 Å². The molecule has 1 aliphatic rings. The van der Waals surface area contributed by atoms with Gasteiger partial charge in [0.25, 0.3) is 5.91 Å². The Balaban J connectivity index is 2.36. The fourth-order valence-corrected chi connectivity index (χ4v) is 2.34.